The quantitative estimate of drug-likeness (QED) is 0.0243. The second kappa shape index (κ2) is 64.2. The van der Waals surface area contributed by atoms with Crippen molar-refractivity contribution in [3.05, 3.63) is 36.5 Å². The van der Waals surface area contributed by atoms with Crippen molar-refractivity contribution in [2.75, 3.05) is 40.9 Å². The first-order valence-electron chi connectivity index (χ1n) is 36.4. The van der Waals surface area contributed by atoms with Gasteiger partial charge in [0.15, 0.2) is 0 Å². The average molecular weight is 1180 g/mol. The maximum absolute atomic E-state index is 13.1. The fourth-order valence-corrected chi connectivity index (χ4v) is 11.9. The van der Waals surface area contributed by atoms with E-state index in [9.17, 15) is 19.4 Å². The zero-order valence-corrected chi connectivity index (χ0v) is 56.7. The van der Waals surface area contributed by atoms with E-state index in [1.165, 1.54) is 308 Å². The van der Waals surface area contributed by atoms with E-state index in [-0.39, 0.29) is 19.1 Å². The second-order valence-corrected chi connectivity index (χ2v) is 27.8. The normalized spacial score (nSPS) is 13.8. The molecule has 0 aromatic heterocycles. The molecule has 3 atom stereocenters. The molecule has 0 bridgehead atoms. The van der Waals surface area contributed by atoms with Crippen molar-refractivity contribution in [2.45, 2.75) is 386 Å². The summed E-state index contributed by atoms with van der Waals surface area (Å²) in [6.07, 6.45) is 86.0. The molecule has 9 heteroatoms. The summed E-state index contributed by atoms with van der Waals surface area (Å²) in [7, 11) is 1.56. The summed E-state index contributed by atoms with van der Waals surface area (Å²) in [5, 5.41) is 14.0. The van der Waals surface area contributed by atoms with Gasteiger partial charge in [-0.1, -0.05) is 359 Å². The minimum absolute atomic E-state index is 0.0555. The largest absolute Gasteiger partial charge is 0.472 e. The number of nitrogens with one attached hydrogen (secondary N) is 1. The Labute approximate surface area is 512 Å². The van der Waals surface area contributed by atoms with Gasteiger partial charge >= 0.3 is 7.82 Å². The van der Waals surface area contributed by atoms with Gasteiger partial charge in [0.25, 0.3) is 0 Å². The van der Waals surface area contributed by atoms with E-state index in [1.54, 1.807) is 6.08 Å². The van der Waals surface area contributed by atoms with Crippen molar-refractivity contribution < 1.29 is 32.9 Å². The zero-order valence-electron chi connectivity index (χ0n) is 55.8. The van der Waals surface area contributed by atoms with Crippen LogP contribution in [0.25, 0.3) is 0 Å². The summed E-state index contributed by atoms with van der Waals surface area (Å²) < 4.78 is 23.8. The number of phosphoric acid groups is 1. The molecule has 0 fully saturated rings. The monoisotopic (exact) mass is 1180 g/mol. The topological polar surface area (TPSA) is 105 Å². The van der Waals surface area contributed by atoms with Crippen molar-refractivity contribution in [2.24, 2.45) is 0 Å². The van der Waals surface area contributed by atoms with Crippen LogP contribution in [0.3, 0.4) is 0 Å². The summed E-state index contributed by atoms with van der Waals surface area (Å²) in [6, 6.07) is -0.870. The number of aliphatic hydroxyl groups is 1. The highest BCUT2D eigenvalue weighted by atomic mass is 31.2. The average Bonchev–Trinajstić information content (AvgIpc) is 3.47. The Morgan fingerprint density at radius 2 is 0.671 bits per heavy atom. The standard InChI is InChI=1S/C73H143N2O6P/c1-6-8-10-12-14-16-18-20-22-24-26-28-30-32-34-36-37-39-41-43-45-47-49-51-53-55-57-59-61-63-65-67-73(77)74-71(70-81-82(78,79)80-69-68-75(3,4)5)72(76)66-64-62-60-58-56-54-52-50-48-46-44-42-40-38-35-33-31-29-27-25-23-21-19-17-15-13-11-9-7-2/h48,50,56,58,64,66,71-72,76H,6-47,49,51-55,57,59-63,65,67-70H2,1-5H3,(H-,74,77,78,79)/p+1/b50-48+,58-56+,66-64+. The summed E-state index contributed by atoms with van der Waals surface area (Å²) in [6.45, 7) is 4.85. The molecular weight excluding hydrogens is 1030 g/mol. The van der Waals surface area contributed by atoms with Gasteiger partial charge in [0.05, 0.1) is 39.9 Å². The number of amides is 1. The highest BCUT2D eigenvalue weighted by molar-refractivity contribution is 7.47. The minimum atomic E-state index is -4.37. The summed E-state index contributed by atoms with van der Waals surface area (Å²) in [5.41, 5.74) is 0. The predicted octanol–water partition coefficient (Wildman–Crippen LogP) is 23.2. The van der Waals surface area contributed by atoms with Gasteiger partial charge in [-0.3, -0.25) is 13.8 Å². The van der Waals surface area contributed by atoms with Crippen LogP contribution in [-0.2, 0) is 18.4 Å². The Bertz CT molecular complexity index is 1430. The predicted molar refractivity (Wildman–Crippen MR) is 360 cm³/mol. The van der Waals surface area contributed by atoms with Gasteiger partial charge in [-0.05, 0) is 44.9 Å². The van der Waals surface area contributed by atoms with Crippen LogP contribution in [0.4, 0.5) is 0 Å². The number of quaternary nitrogens is 1. The van der Waals surface area contributed by atoms with E-state index in [4.69, 9.17) is 9.05 Å². The van der Waals surface area contributed by atoms with Gasteiger partial charge in [0.2, 0.25) is 5.91 Å². The van der Waals surface area contributed by atoms with Gasteiger partial charge in [0, 0.05) is 6.42 Å². The number of likely N-dealkylation sites (N-methyl/N-ethyl adjacent to an activating group) is 1. The molecule has 82 heavy (non-hydrogen) atoms. The number of phosphoric ester groups is 1. The van der Waals surface area contributed by atoms with Gasteiger partial charge in [-0.2, -0.15) is 0 Å². The van der Waals surface area contributed by atoms with Crippen LogP contribution in [0, 0.1) is 0 Å². The number of hydrogen-bond acceptors (Lipinski definition) is 5. The second-order valence-electron chi connectivity index (χ2n) is 26.3. The van der Waals surface area contributed by atoms with E-state index in [2.05, 4.69) is 43.5 Å². The molecular formula is C73H144N2O6P+. The number of allylic oxidation sites excluding steroid dienone is 5. The van der Waals surface area contributed by atoms with Crippen molar-refractivity contribution in [3.8, 4) is 0 Å². The number of unbranched alkanes of at least 4 members (excludes halogenated alkanes) is 51. The maximum atomic E-state index is 13.1. The summed E-state index contributed by atoms with van der Waals surface area (Å²) in [4.78, 5) is 23.4. The van der Waals surface area contributed by atoms with Crippen LogP contribution in [0.1, 0.15) is 373 Å². The third-order valence-corrected chi connectivity index (χ3v) is 17.8. The van der Waals surface area contributed by atoms with Crippen LogP contribution < -0.4 is 5.32 Å². The number of aliphatic hydroxyl groups excluding tert-OH is 1. The smallest absolute Gasteiger partial charge is 0.387 e. The highest BCUT2D eigenvalue weighted by Gasteiger charge is 2.28. The van der Waals surface area contributed by atoms with Crippen LogP contribution in [0.15, 0.2) is 36.5 Å². The molecule has 486 valence electrons. The molecule has 0 aromatic carbocycles. The number of rotatable bonds is 68. The maximum Gasteiger partial charge on any atom is 0.472 e. The van der Waals surface area contributed by atoms with Crippen molar-refractivity contribution in [1.29, 1.82) is 0 Å². The number of nitrogens with zero attached hydrogens (tertiary/aromatic N) is 1. The molecule has 8 nitrogen and oxygen atoms in total. The molecule has 0 saturated carbocycles. The first-order chi connectivity index (χ1) is 40.0. The molecule has 0 aliphatic carbocycles. The van der Waals surface area contributed by atoms with Gasteiger partial charge in [-0.25, -0.2) is 4.57 Å². The van der Waals surface area contributed by atoms with Gasteiger partial charge < -0.3 is 19.8 Å². The van der Waals surface area contributed by atoms with Crippen molar-refractivity contribution in [1.82, 2.24) is 5.32 Å². The molecule has 0 heterocycles. The van der Waals surface area contributed by atoms with Gasteiger partial charge in [0.1, 0.15) is 13.2 Å². The molecule has 3 N–H and O–H groups in total. The van der Waals surface area contributed by atoms with Gasteiger partial charge in [-0.15, -0.1) is 0 Å². The minimum Gasteiger partial charge on any atom is -0.387 e. The molecule has 0 spiro atoms. The molecule has 0 aliphatic heterocycles. The fourth-order valence-electron chi connectivity index (χ4n) is 11.2. The van der Waals surface area contributed by atoms with E-state index < -0.39 is 20.0 Å². The first-order valence-corrected chi connectivity index (χ1v) is 37.9. The lowest BCUT2D eigenvalue weighted by Crippen LogP contribution is -2.45. The fraction of sp³-hybridized carbons (Fsp3) is 0.904. The summed E-state index contributed by atoms with van der Waals surface area (Å²) >= 11 is 0. The van der Waals surface area contributed by atoms with E-state index in [0.29, 0.717) is 17.4 Å². The molecule has 0 radical (unpaired) electrons. The molecule has 0 aromatic rings. The van der Waals surface area contributed by atoms with E-state index in [1.807, 2.05) is 27.2 Å². The van der Waals surface area contributed by atoms with Crippen LogP contribution in [0.2, 0.25) is 0 Å². The Hall–Kier alpha value is -1.28. The van der Waals surface area contributed by atoms with Crippen molar-refractivity contribution in [3.63, 3.8) is 0 Å². The Morgan fingerprint density at radius 3 is 0.976 bits per heavy atom. The first kappa shape index (κ1) is 80.7. The zero-order chi connectivity index (χ0) is 59.8. The van der Waals surface area contributed by atoms with Crippen LogP contribution in [0.5, 0.6) is 0 Å². The lowest BCUT2D eigenvalue weighted by Gasteiger charge is -2.25. The highest BCUT2D eigenvalue weighted by Crippen LogP contribution is 2.43. The lowest BCUT2D eigenvalue weighted by atomic mass is 10.0. The Balaban J connectivity index is 4.07. The van der Waals surface area contributed by atoms with E-state index in [0.717, 1.165) is 44.9 Å². The lowest BCUT2D eigenvalue weighted by molar-refractivity contribution is -0.870. The number of carbonyl (C=O) groups excluding carboxylic acids is 1. The Kier molecular flexibility index (Phi) is 63.2. The molecule has 0 aliphatic rings. The molecule has 0 rings (SSSR count). The number of carbonyl (C=O) groups is 1. The Morgan fingerprint density at radius 1 is 0.402 bits per heavy atom. The summed E-state index contributed by atoms with van der Waals surface area (Å²) in [5.74, 6) is -0.183. The molecule has 0 saturated heterocycles. The number of hydrogen-bond donors (Lipinski definition) is 3. The van der Waals surface area contributed by atoms with Crippen molar-refractivity contribution >= 4 is 13.7 Å². The van der Waals surface area contributed by atoms with E-state index >= 15 is 0 Å². The third-order valence-electron chi connectivity index (χ3n) is 16.8. The third kappa shape index (κ3) is 66.2. The van der Waals surface area contributed by atoms with Crippen LogP contribution >= 0.6 is 7.82 Å². The van der Waals surface area contributed by atoms with Crippen LogP contribution in [-0.4, -0.2) is 73.4 Å². The molecule has 1 amide bonds. The molecule has 3 unspecified atom stereocenters. The SMILES string of the molecule is CCCCCCCCCCCCCCCCCCCCC/C=C/CC/C=C/CC/C=C/C(O)C(COP(=O)(O)OCC[N+](C)(C)C)NC(=O)CCCCCCCCCCCCCCCCCCCCCCCCCCCCCCCCC.